The van der Waals surface area contributed by atoms with E-state index in [2.05, 4.69) is 33.4 Å². The predicted octanol–water partition coefficient (Wildman–Crippen LogP) is 4.24. The van der Waals surface area contributed by atoms with Gasteiger partial charge in [-0.25, -0.2) is 9.78 Å². The monoisotopic (exact) mass is 519 g/mol. The second-order valence-electron chi connectivity index (χ2n) is 10.8. The predicted molar refractivity (Wildman–Crippen MR) is 147 cm³/mol. The molecule has 3 N–H and O–H groups in total. The third kappa shape index (κ3) is 5.14. The van der Waals surface area contributed by atoms with Crippen molar-refractivity contribution in [2.45, 2.75) is 38.4 Å². The first-order valence-corrected chi connectivity index (χ1v) is 13.0. The minimum Gasteiger partial charge on any atom is -0.336 e. The van der Waals surface area contributed by atoms with E-state index in [1.165, 1.54) is 0 Å². The largest absolute Gasteiger partial charge is 0.336 e. The number of nitrogens with zero attached hydrogens (tertiary/aromatic N) is 5. The van der Waals surface area contributed by atoms with Crippen molar-refractivity contribution in [2.24, 2.45) is 12.8 Å². The van der Waals surface area contributed by atoms with Crippen molar-refractivity contribution in [3.05, 3.63) is 82.2 Å². The summed E-state index contributed by atoms with van der Waals surface area (Å²) < 4.78 is 1.95. The van der Waals surface area contributed by atoms with Crippen molar-refractivity contribution in [2.75, 3.05) is 26.2 Å². The van der Waals surface area contributed by atoms with Crippen LogP contribution in [0.15, 0.2) is 49.1 Å². The van der Waals surface area contributed by atoms with Gasteiger partial charge in [-0.05, 0) is 67.3 Å². The summed E-state index contributed by atoms with van der Waals surface area (Å²) in [6, 6.07) is 9.56. The van der Waals surface area contributed by atoms with E-state index in [4.69, 9.17) is 22.3 Å². The molecule has 3 heterocycles. The van der Waals surface area contributed by atoms with Crippen LogP contribution >= 0.6 is 11.6 Å². The van der Waals surface area contributed by atoms with E-state index in [1.54, 1.807) is 6.33 Å². The number of rotatable bonds is 3. The number of amides is 2. The summed E-state index contributed by atoms with van der Waals surface area (Å²) in [5, 5.41) is 3.73. The smallest absolute Gasteiger partial charge is 0.317 e. The zero-order valence-corrected chi connectivity index (χ0v) is 22.5. The van der Waals surface area contributed by atoms with Gasteiger partial charge in [-0.2, -0.15) is 0 Å². The van der Waals surface area contributed by atoms with E-state index < -0.39 is 6.04 Å². The molecule has 0 radical (unpaired) electrons. The lowest BCUT2D eigenvalue weighted by Crippen LogP contribution is -2.55. The Kier molecular flexibility index (Phi) is 6.83. The first-order chi connectivity index (χ1) is 17.6. The molecule has 1 unspecified atom stereocenters. The Balaban J connectivity index is 1.53. The molecule has 1 aromatic carbocycles. The average Bonchev–Trinajstić information content (AvgIpc) is 3.23. The Morgan fingerprint density at radius 3 is 2.62 bits per heavy atom. The molecule has 3 aromatic rings. The van der Waals surface area contributed by atoms with Crippen LogP contribution in [0, 0.1) is 0 Å². The molecule has 1 aliphatic heterocycles. The number of aromatic nitrogens is 3. The molecular formula is C28H34ClN7O. The molecule has 1 saturated heterocycles. The zero-order valence-electron chi connectivity index (χ0n) is 21.8. The number of pyridine rings is 1. The summed E-state index contributed by atoms with van der Waals surface area (Å²) in [6.45, 7) is 8.72. The highest BCUT2D eigenvalue weighted by molar-refractivity contribution is 6.30. The molecule has 2 amide bonds. The van der Waals surface area contributed by atoms with Crippen LogP contribution in [0.25, 0.3) is 11.6 Å². The van der Waals surface area contributed by atoms with E-state index in [1.807, 2.05) is 67.9 Å². The number of aryl methyl sites for hydroxylation is 1. The number of nitrogens with one attached hydrogen (secondary N) is 1. The normalized spacial score (nSPS) is 18.9. The van der Waals surface area contributed by atoms with Crippen LogP contribution in [-0.2, 0) is 7.05 Å². The van der Waals surface area contributed by atoms with Crippen LogP contribution < -0.4 is 11.1 Å². The maximum Gasteiger partial charge on any atom is 0.317 e. The maximum absolute atomic E-state index is 12.8. The molecule has 2 aliphatic rings. The van der Waals surface area contributed by atoms with E-state index in [0.29, 0.717) is 18.1 Å². The number of imidazole rings is 1. The van der Waals surface area contributed by atoms with Crippen LogP contribution in [-0.4, -0.2) is 62.1 Å². The van der Waals surface area contributed by atoms with Gasteiger partial charge in [-0.3, -0.25) is 9.88 Å². The Bertz CT molecular complexity index is 1330. The first-order valence-electron chi connectivity index (χ1n) is 12.6. The third-order valence-corrected chi connectivity index (χ3v) is 7.25. The summed E-state index contributed by atoms with van der Waals surface area (Å²) >= 11 is 6.54. The topological polar surface area (TPSA) is 92.3 Å². The molecule has 1 aliphatic carbocycles. The van der Waals surface area contributed by atoms with Crippen molar-refractivity contribution in [1.29, 1.82) is 0 Å². The molecule has 2 aromatic heterocycles. The average molecular weight is 520 g/mol. The number of urea groups is 1. The van der Waals surface area contributed by atoms with Gasteiger partial charge in [0.2, 0.25) is 0 Å². The van der Waals surface area contributed by atoms with Crippen LogP contribution in [0.3, 0.4) is 0 Å². The van der Waals surface area contributed by atoms with Crippen molar-refractivity contribution in [1.82, 2.24) is 29.7 Å². The number of piperazine rings is 1. The lowest BCUT2D eigenvalue weighted by Gasteiger charge is -2.40. The molecule has 2 atom stereocenters. The second-order valence-corrected chi connectivity index (χ2v) is 11.3. The fraction of sp³-hybridized carbons (Fsp3) is 0.393. The fourth-order valence-corrected chi connectivity index (χ4v) is 5.40. The molecule has 0 saturated carbocycles. The Labute approximate surface area is 223 Å². The van der Waals surface area contributed by atoms with Crippen LogP contribution in [0.5, 0.6) is 0 Å². The number of halogens is 1. The van der Waals surface area contributed by atoms with Gasteiger partial charge in [0.05, 0.1) is 36.0 Å². The first kappa shape index (κ1) is 25.4. The number of hydrogen-bond acceptors (Lipinski definition) is 5. The highest BCUT2D eigenvalue weighted by Gasteiger charge is 2.35. The van der Waals surface area contributed by atoms with Crippen LogP contribution in [0.4, 0.5) is 4.79 Å². The van der Waals surface area contributed by atoms with Gasteiger partial charge >= 0.3 is 6.03 Å². The summed E-state index contributed by atoms with van der Waals surface area (Å²) in [4.78, 5) is 26.2. The molecule has 5 rings (SSSR count). The summed E-state index contributed by atoms with van der Waals surface area (Å²) in [5.74, 6) is 0. The lowest BCUT2D eigenvalue weighted by atomic mass is 9.90. The Morgan fingerprint density at radius 1 is 1.19 bits per heavy atom. The minimum absolute atomic E-state index is 0.0233. The number of hydrogen-bond donors (Lipinski definition) is 2. The zero-order chi connectivity index (χ0) is 26.3. The Morgan fingerprint density at radius 2 is 1.95 bits per heavy atom. The third-order valence-electron chi connectivity index (χ3n) is 7.02. The van der Waals surface area contributed by atoms with Gasteiger partial charge in [0.25, 0.3) is 0 Å². The van der Waals surface area contributed by atoms with Crippen molar-refractivity contribution < 1.29 is 4.79 Å². The quantitative estimate of drug-likeness (QED) is 0.540. The second kappa shape index (κ2) is 9.93. The van der Waals surface area contributed by atoms with Crippen LogP contribution in [0.1, 0.15) is 60.9 Å². The molecule has 8 nitrogen and oxygen atoms in total. The highest BCUT2D eigenvalue weighted by atomic mass is 35.5. The number of carbonyl (C=O) groups excluding carboxylic acids is 1. The Hall–Kier alpha value is -3.20. The summed E-state index contributed by atoms with van der Waals surface area (Å²) in [7, 11) is 1.95. The number of carbonyl (C=O) groups is 1. The van der Waals surface area contributed by atoms with Crippen molar-refractivity contribution in [3.8, 4) is 0 Å². The summed E-state index contributed by atoms with van der Waals surface area (Å²) in [5.41, 5.74) is 12.6. The van der Waals surface area contributed by atoms with E-state index in [0.717, 1.165) is 46.7 Å². The molecule has 194 valence electrons. The fourth-order valence-electron chi connectivity index (χ4n) is 5.23. The number of fused-ring (bicyclic) bond motifs is 2. The van der Waals surface area contributed by atoms with E-state index >= 15 is 0 Å². The van der Waals surface area contributed by atoms with Crippen molar-refractivity contribution >= 4 is 29.3 Å². The number of benzene rings is 1. The summed E-state index contributed by atoms with van der Waals surface area (Å²) in [6.07, 6.45) is 7.56. The molecule has 9 heteroatoms. The van der Waals surface area contributed by atoms with Gasteiger partial charge in [-0.1, -0.05) is 23.7 Å². The van der Waals surface area contributed by atoms with Crippen LogP contribution in [0.2, 0.25) is 5.02 Å². The SMILES string of the molecule is Cn1cncc1C(N)C1=Cc2cccnc2[C@@H](N2CCN(C(=O)NC(C)(C)C)CC2)c2ccc(Cl)cc21. The van der Waals surface area contributed by atoms with E-state index in [9.17, 15) is 4.79 Å². The van der Waals surface area contributed by atoms with Crippen molar-refractivity contribution in [3.63, 3.8) is 0 Å². The van der Waals surface area contributed by atoms with Gasteiger partial charge in [0.1, 0.15) is 0 Å². The number of nitrogens with two attached hydrogens (primary N) is 1. The van der Waals surface area contributed by atoms with E-state index in [-0.39, 0.29) is 17.6 Å². The molecular weight excluding hydrogens is 486 g/mol. The molecule has 37 heavy (non-hydrogen) atoms. The highest BCUT2D eigenvalue weighted by Crippen LogP contribution is 2.43. The lowest BCUT2D eigenvalue weighted by molar-refractivity contribution is 0.115. The molecule has 1 fully saturated rings. The van der Waals surface area contributed by atoms with Gasteiger partial charge in [-0.15, -0.1) is 0 Å². The minimum atomic E-state index is -0.394. The van der Waals surface area contributed by atoms with Gasteiger partial charge in [0.15, 0.2) is 0 Å². The van der Waals surface area contributed by atoms with Gasteiger partial charge in [0, 0.05) is 50.0 Å². The standard InChI is InChI=1S/C28H34ClN7O/c1-28(2,3)33-27(37)36-12-10-35(11-13-36)26-20-8-7-19(29)15-21(20)22(14-18-6-5-9-32-25(18)26)24(30)23-16-31-17-34(23)4/h5-9,14-17,24,26H,10-13,30H2,1-4H3,(H,33,37)/t24?,26-/m0/s1. The van der Waals surface area contributed by atoms with Gasteiger partial charge < -0.3 is 20.5 Å². The maximum atomic E-state index is 12.8. The molecule has 0 bridgehead atoms. The molecule has 0 spiro atoms.